The van der Waals surface area contributed by atoms with Crippen molar-refractivity contribution in [2.75, 3.05) is 0 Å². The zero-order valence-electron chi connectivity index (χ0n) is 8.03. The van der Waals surface area contributed by atoms with Crippen LogP contribution in [0.4, 0.5) is 0 Å². The van der Waals surface area contributed by atoms with Gasteiger partial charge in [-0.25, -0.2) is 0 Å². The second-order valence-electron chi connectivity index (χ2n) is 2.98. The molecule has 0 heterocycles. The van der Waals surface area contributed by atoms with E-state index in [1.807, 2.05) is 13.8 Å². The van der Waals surface area contributed by atoms with Crippen LogP contribution in [0.5, 0.6) is 0 Å². The van der Waals surface area contributed by atoms with Crippen molar-refractivity contribution in [2.24, 2.45) is 5.92 Å². The molecule has 5 heteroatoms. The van der Waals surface area contributed by atoms with Gasteiger partial charge in [0, 0.05) is 12.0 Å². The SMILES string of the molecule is CCC(NC#CC(C)C)S(=O)(=O)O. The number of rotatable bonds is 3. The van der Waals surface area contributed by atoms with Crippen LogP contribution in [0.25, 0.3) is 0 Å². The fourth-order valence-electron chi connectivity index (χ4n) is 0.654. The highest BCUT2D eigenvalue weighted by Gasteiger charge is 2.18. The van der Waals surface area contributed by atoms with E-state index in [0.717, 1.165) is 0 Å². The summed E-state index contributed by atoms with van der Waals surface area (Å²) in [6, 6.07) is 2.50. The Morgan fingerprint density at radius 3 is 2.31 bits per heavy atom. The molecule has 0 aromatic heterocycles. The Balaban J connectivity index is 4.28. The third-order valence-electron chi connectivity index (χ3n) is 1.32. The fourth-order valence-corrected chi connectivity index (χ4v) is 1.28. The molecule has 0 rings (SSSR count). The van der Waals surface area contributed by atoms with E-state index in [1.165, 1.54) is 0 Å². The maximum atomic E-state index is 10.7. The summed E-state index contributed by atoms with van der Waals surface area (Å²) < 4.78 is 30.0. The van der Waals surface area contributed by atoms with Gasteiger partial charge >= 0.3 is 0 Å². The summed E-state index contributed by atoms with van der Waals surface area (Å²) in [6.07, 6.45) is 0.283. The van der Waals surface area contributed by atoms with Gasteiger partial charge in [0.1, 0.15) is 0 Å². The van der Waals surface area contributed by atoms with Crippen LogP contribution in [0.2, 0.25) is 0 Å². The van der Waals surface area contributed by atoms with E-state index < -0.39 is 15.5 Å². The van der Waals surface area contributed by atoms with E-state index in [9.17, 15) is 8.42 Å². The summed E-state index contributed by atoms with van der Waals surface area (Å²) in [5, 5.41) is 1.45. The first-order valence-corrected chi connectivity index (χ1v) is 5.60. The summed E-state index contributed by atoms with van der Waals surface area (Å²) in [4.78, 5) is 0. The van der Waals surface area contributed by atoms with Crippen LogP contribution in [-0.4, -0.2) is 18.3 Å². The van der Waals surface area contributed by atoms with Gasteiger partial charge in [0.2, 0.25) is 0 Å². The molecule has 0 saturated carbocycles. The quantitative estimate of drug-likeness (QED) is 0.406. The molecule has 0 aromatic rings. The molecule has 0 radical (unpaired) electrons. The van der Waals surface area contributed by atoms with Gasteiger partial charge < -0.3 is 5.32 Å². The maximum Gasteiger partial charge on any atom is 0.286 e. The molecule has 1 atom stereocenters. The third kappa shape index (κ3) is 5.50. The summed E-state index contributed by atoms with van der Waals surface area (Å²) in [6.45, 7) is 5.44. The standard InChI is InChI=1S/C8H15NO3S/c1-4-8(13(10,11)12)9-6-5-7(2)3/h7-9H,4H2,1-3H3,(H,10,11,12). The fraction of sp³-hybridized carbons (Fsp3) is 0.750. The second kappa shape index (κ2) is 5.10. The van der Waals surface area contributed by atoms with Gasteiger partial charge in [-0.2, -0.15) is 8.42 Å². The van der Waals surface area contributed by atoms with Gasteiger partial charge in [-0.15, -0.1) is 0 Å². The molecule has 2 N–H and O–H groups in total. The van der Waals surface area contributed by atoms with Gasteiger partial charge in [-0.05, 0) is 6.42 Å². The van der Waals surface area contributed by atoms with Crippen molar-refractivity contribution in [1.29, 1.82) is 0 Å². The Morgan fingerprint density at radius 2 is 2.00 bits per heavy atom. The summed E-state index contributed by atoms with van der Waals surface area (Å²) >= 11 is 0. The molecule has 0 amide bonds. The zero-order valence-corrected chi connectivity index (χ0v) is 8.85. The van der Waals surface area contributed by atoms with Crippen molar-refractivity contribution in [2.45, 2.75) is 32.6 Å². The minimum Gasteiger partial charge on any atom is -0.326 e. The predicted molar refractivity (Wildman–Crippen MR) is 51.4 cm³/mol. The minimum absolute atomic E-state index is 0.173. The monoisotopic (exact) mass is 205 g/mol. The number of hydrogen-bond donors (Lipinski definition) is 2. The normalized spacial score (nSPS) is 13.3. The molecule has 4 nitrogen and oxygen atoms in total. The lowest BCUT2D eigenvalue weighted by Gasteiger charge is -2.08. The highest BCUT2D eigenvalue weighted by atomic mass is 32.2. The van der Waals surface area contributed by atoms with Gasteiger partial charge in [0.15, 0.2) is 5.37 Å². The zero-order chi connectivity index (χ0) is 10.5. The molecule has 0 bridgehead atoms. The van der Waals surface area contributed by atoms with Crippen molar-refractivity contribution in [3.8, 4) is 12.0 Å². The van der Waals surface area contributed by atoms with Gasteiger partial charge in [0.25, 0.3) is 10.1 Å². The molecule has 0 spiro atoms. The van der Waals surface area contributed by atoms with Crippen molar-refractivity contribution < 1.29 is 13.0 Å². The number of hydrogen-bond acceptors (Lipinski definition) is 3. The van der Waals surface area contributed by atoms with E-state index >= 15 is 0 Å². The summed E-state index contributed by atoms with van der Waals surface area (Å²) in [5.41, 5.74) is 0. The van der Waals surface area contributed by atoms with Gasteiger partial charge in [-0.3, -0.25) is 4.55 Å². The first kappa shape index (κ1) is 12.3. The highest BCUT2D eigenvalue weighted by Crippen LogP contribution is 1.98. The smallest absolute Gasteiger partial charge is 0.286 e. The second-order valence-corrected chi connectivity index (χ2v) is 4.58. The van der Waals surface area contributed by atoms with Crippen LogP contribution in [0.1, 0.15) is 27.2 Å². The topological polar surface area (TPSA) is 66.4 Å². The van der Waals surface area contributed by atoms with E-state index in [1.54, 1.807) is 6.92 Å². The minimum atomic E-state index is -4.03. The van der Waals surface area contributed by atoms with E-state index in [-0.39, 0.29) is 12.3 Å². The summed E-state index contributed by atoms with van der Waals surface area (Å²) in [5.74, 6) is 2.92. The van der Waals surface area contributed by atoms with Crippen LogP contribution < -0.4 is 5.32 Å². The van der Waals surface area contributed by atoms with Crippen molar-refractivity contribution in [3.05, 3.63) is 0 Å². The first-order valence-electron chi connectivity index (χ1n) is 4.10. The Hall–Kier alpha value is -0.730. The van der Waals surface area contributed by atoms with E-state index in [4.69, 9.17) is 4.55 Å². The Morgan fingerprint density at radius 1 is 1.46 bits per heavy atom. The molecular formula is C8H15NO3S. The van der Waals surface area contributed by atoms with Crippen LogP contribution >= 0.6 is 0 Å². The lowest BCUT2D eigenvalue weighted by atomic mass is 10.2. The van der Waals surface area contributed by atoms with Crippen molar-refractivity contribution in [3.63, 3.8) is 0 Å². The van der Waals surface area contributed by atoms with Crippen LogP contribution in [0.3, 0.4) is 0 Å². The van der Waals surface area contributed by atoms with Crippen LogP contribution in [-0.2, 0) is 10.1 Å². The lowest BCUT2D eigenvalue weighted by Crippen LogP contribution is -2.32. The van der Waals surface area contributed by atoms with Crippen molar-refractivity contribution in [1.82, 2.24) is 5.32 Å². The Labute approximate surface area is 79.5 Å². The molecule has 0 aliphatic rings. The van der Waals surface area contributed by atoms with E-state index in [2.05, 4.69) is 17.3 Å². The predicted octanol–water partition coefficient (Wildman–Crippen LogP) is 0.817. The molecular weight excluding hydrogens is 190 g/mol. The molecule has 0 fully saturated rings. The van der Waals surface area contributed by atoms with Crippen LogP contribution in [0, 0.1) is 17.9 Å². The highest BCUT2D eigenvalue weighted by molar-refractivity contribution is 7.86. The molecule has 13 heavy (non-hydrogen) atoms. The van der Waals surface area contributed by atoms with Crippen molar-refractivity contribution >= 4 is 10.1 Å². The molecule has 0 aliphatic heterocycles. The Bertz CT molecular complexity index is 297. The molecule has 76 valence electrons. The van der Waals surface area contributed by atoms with Gasteiger partial charge in [-0.1, -0.05) is 26.7 Å². The Kier molecular flexibility index (Phi) is 4.81. The first-order chi connectivity index (χ1) is 5.88. The van der Waals surface area contributed by atoms with E-state index in [0.29, 0.717) is 0 Å². The van der Waals surface area contributed by atoms with Gasteiger partial charge in [0.05, 0.1) is 0 Å². The number of nitrogens with one attached hydrogen (secondary N) is 1. The average Bonchev–Trinajstić information content (AvgIpc) is 1.95. The molecule has 0 saturated heterocycles. The molecule has 0 aromatic carbocycles. The maximum absolute atomic E-state index is 10.7. The lowest BCUT2D eigenvalue weighted by molar-refractivity contribution is 0.458. The largest absolute Gasteiger partial charge is 0.326 e. The van der Waals surface area contributed by atoms with Crippen LogP contribution in [0.15, 0.2) is 0 Å². The molecule has 0 aliphatic carbocycles. The summed E-state index contributed by atoms with van der Waals surface area (Å²) in [7, 11) is -4.03. The third-order valence-corrected chi connectivity index (χ3v) is 2.49. The molecule has 1 unspecified atom stereocenters. The average molecular weight is 205 g/mol.